The zero-order chi connectivity index (χ0) is 16.1. The minimum absolute atomic E-state index is 0.607. The first-order valence-electron chi connectivity index (χ1n) is 7.45. The monoisotopic (exact) mass is 346 g/mol. The number of thioether (sulfide) groups is 1. The Bertz CT molecular complexity index is 803. The van der Waals surface area contributed by atoms with Gasteiger partial charge in [-0.3, -0.25) is 4.21 Å². The predicted molar refractivity (Wildman–Crippen MR) is 95.7 cm³/mol. The summed E-state index contributed by atoms with van der Waals surface area (Å²) in [5, 5.41) is 0.846. The van der Waals surface area contributed by atoms with E-state index in [1.807, 2.05) is 55.5 Å². The number of fused-ring (bicyclic) bond motifs is 1. The van der Waals surface area contributed by atoms with Gasteiger partial charge in [0, 0.05) is 22.5 Å². The fraction of sp³-hybridized carbons (Fsp3) is 0.235. The first-order valence-corrected chi connectivity index (χ1v) is 9.75. The maximum absolute atomic E-state index is 12.2. The molecule has 0 bridgehead atoms. The van der Waals surface area contributed by atoms with Gasteiger partial charge in [-0.15, -0.1) is 0 Å². The van der Waals surface area contributed by atoms with E-state index in [1.54, 1.807) is 11.8 Å². The summed E-state index contributed by atoms with van der Waals surface area (Å²) in [6.45, 7) is 2.61. The topological polar surface area (TPSA) is 55.0 Å². The molecule has 6 heteroatoms. The number of aromatic amines is 1. The van der Waals surface area contributed by atoms with Crippen molar-refractivity contribution >= 4 is 33.6 Å². The van der Waals surface area contributed by atoms with Crippen molar-refractivity contribution in [3.63, 3.8) is 0 Å². The van der Waals surface area contributed by atoms with Crippen molar-refractivity contribution in [1.82, 2.24) is 9.97 Å². The SMILES string of the molecule is CCOc1ccc2nc(SCC[S@](=O)c3ccccc3)[nH]c2c1. The molecule has 2 aromatic carbocycles. The van der Waals surface area contributed by atoms with Crippen LogP contribution in [0.2, 0.25) is 0 Å². The molecule has 1 N–H and O–H groups in total. The quantitative estimate of drug-likeness (QED) is 0.660. The summed E-state index contributed by atoms with van der Waals surface area (Å²) in [5.41, 5.74) is 1.88. The molecular weight excluding hydrogens is 328 g/mol. The lowest BCUT2D eigenvalue weighted by atomic mass is 10.3. The number of aromatic nitrogens is 2. The molecular formula is C17H18N2O2S2. The van der Waals surface area contributed by atoms with Crippen molar-refractivity contribution in [2.75, 3.05) is 18.1 Å². The van der Waals surface area contributed by atoms with Crippen LogP contribution in [0.5, 0.6) is 5.75 Å². The Labute approximate surface area is 142 Å². The normalized spacial score (nSPS) is 12.4. The highest BCUT2D eigenvalue weighted by molar-refractivity contribution is 8.00. The maximum Gasteiger partial charge on any atom is 0.166 e. The average Bonchev–Trinajstić information content (AvgIpc) is 2.98. The first-order chi connectivity index (χ1) is 11.3. The molecule has 0 unspecified atom stereocenters. The van der Waals surface area contributed by atoms with Crippen molar-refractivity contribution in [1.29, 1.82) is 0 Å². The molecule has 3 aromatic rings. The predicted octanol–water partition coefficient (Wildman–Crippen LogP) is 3.86. The van der Waals surface area contributed by atoms with Gasteiger partial charge in [0.2, 0.25) is 0 Å². The second-order valence-electron chi connectivity index (χ2n) is 4.87. The van der Waals surface area contributed by atoms with Crippen LogP contribution in [0.4, 0.5) is 0 Å². The van der Waals surface area contributed by atoms with Crippen molar-refractivity contribution in [3.8, 4) is 5.75 Å². The molecule has 0 fully saturated rings. The Kier molecular flexibility index (Phi) is 5.35. The number of hydrogen-bond acceptors (Lipinski definition) is 4. The Morgan fingerprint density at radius 2 is 2.04 bits per heavy atom. The lowest BCUT2D eigenvalue weighted by molar-refractivity contribution is 0.340. The molecule has 0 saturated carbocycles. The third-order valence-electron chi connectivity index (χ3n) is 3.26. The van der Waals surface area contributed by atoms with Crippen molar-refractivity contribution in [3.05, 3.63) is 48.5 Å². The fourth-order valence-corrected chi connectivity index (χ4v) is 4.37. The van der Waals surface area contributed by atoms with Gasteiger partial charge in [-0.1, -0.05) is 30.0 Å². The van der Waals surface area contributed by atoms with E-state index in [0.717, 1.165) is 32.6 Å². The number of ether oxygens (including phenoxy) is 1. The third kappa shape index (κ3) is 4.14. The van der Waals surface area contributed by atoms with Crippen molar-refractivity contribution in [2.24, 2.45) is 0 Å². The molecule has 0 aliphatic rings. The Balaban J connectivity index is 1.60. The summed E-state index contributed by atoms with van der Waals surface area (Å²) in [6, 6.07) is 15.4. The average molecular weight is 346 g/mol. The Morgan fingerprint density at radius 1 is 1.22 bits per heavy atom. The van der Waals surface area contributed by atoms with E-state index in [2.05, 4.69) is 9.97 Å². The summed E-state index contributed by atoms with van der Waals surface area (Å²) < 4.78 is 17.7. The van der Waals surface area contributed by atoms with E-state index >= 15 is 0 Å². The molecule has 1 heterocycles. The van der Waals surface area contributed by atoms with Crippen LogP contribution in [0.1, 0.15) is 6.92 Å². The zero-order valence-corrected chi connectivity index (χ0v) is 14.5. The van der Waals surface area contributed by atoms with Gasteiger partial charge in [0.1, 0.15) is 5.75 Å². The number of H-pyrrole nitrogens is 1. The lowest BCUT2D eigenvalue weighted by Crippen LogP contribution is -2.00. The standard InChI is InChI=1S/C17H18N2O2S2/c1-2-21-13-8-9-15-16(12-13)19-17(18-15)22-10-11-23(20)14-6-4-3-5-7-14/h3-9,12H,2,10-11H2,1H3,(H,18,19)/t23-/m0/s1. The van der Waals surface area contributed by atoms with Gasteiger partial charge < -0.3 is 9.72 Å². The lowest BCUT2D eigenvalue weighted by Gasteiger charge is -2.01. The van der Waals surface area contributed by atoms with Gasteiger partial charge in [0.15, 0.2) is 5.16 Å². The highest BCUT2D eigenvalue weighted by atomic mass is 32.2. The minimum Gasteiger partial charge on any atom is -0.494 e. The molecule has 0 spiro atoms. The smallest absolute Gasteiger partial charge is 0.166 e. The summed E-state index contributed by atoms with van der Waals surface area (Å²) in [7, 11) is -0.964. The zero-order valence-electron chi connectivity index (χ0n) is 12.8. The van der Waals surface area contributed by atoms with Crippen LogP contribution in [-0.2, 0) is 10.8 Å². The van der Waals surface area contributed by atoms with Crippen LogP contribution >= 0.6 is 11.8 Å². The largest absolute Gasteiger partial charge is 0.494 e. The second-order valence-corrected chi connectivity index (χ2v) is 7.52. The number of nitrogens with zero attached hydrogens (tertiary/aromatic N) is 1. The van der Waals surface area contributed by atoms with Crippen LogP contribution in [-0.4, -0.2) is 32.3 Å². The van der Waals surface area contributed by atoms with Crippen LogP contribution < -0.4 is 4.74 Å². The van der Waals surface area contributed by atoms with E-state index in [9.17, 15) is 4.21 Å². The molecule has 0 saturated heterocycles. The molecule has 1 aromatic heterocycles. The van der Waals surface area contributed by atoms with Gasteiger partial charge in [-0.2, -0.15) is 0 Å². The van der Waals surface area contributed by atoms with Crippen LogP contribution in [0.15, 0.2) is 58.6 Å². The van der Waals surface area contributed by atoms with Crippen LogP contribution in [0.3, 0.4) is 0 Å². The Hall–Kier alpha value is -1.79. The van der Waals surface area contributed by atoms with Crippen molar-refractivity contribution < 1.29 is 8.95 Å². The fourth-order valence-electron chi connectivity index (χ4n) is 2.19. The van der Waals surface area contributed by atoms with Gasteiger partial charge >= 0.3 is 0 Å². The highest BCUT2D eigenvalue weighted by Gasteiger charge is 2.07. The third-order valence-corrected chi connectivity index (χ3v) is 5.76. The number of imidazole rings is 1. The number of nitrogens with one attached hydrogen (secondary N) is 1. The van der Waals surface area contributed by atoms with E-state index in [1.165, 1.54) is 0 Å². The molecule has 0 aliphatic heterocycles. The van der Waals surface area contributed by atoms with Gasteiger partial charge in [0.05, 0.1) is 28.4 Å². The molecule has 23 heavy (non-hydrogen) atoms. The number of rotatable bonds is 7. The van der Waals surface area contributed by atoms with Crippen LogP contribution in [0, 0.1) is 0 Å². The molecule has 0 radical (unpaired) electrons. The van der Waals surface area contributed by atoms with Gasteiger partial charge in [-0.05, 0) is 31.2 Å². The van der Waals surface area contributed by atoms with E-state index in [4.69, 9.17) is 4.74 Å². The molecule has 0 amide bonds. The maximum atomic E-state index is 12.2. The minimum atomic E-state index is -0.964. The van der Waals surface area contributed by atoms with Crippen LogP contribution in [0.25, 0.3) is 11.0 Å². The van der Waals surface area contributed by atoms with Gasteiger partial charge in [-0.25, -0.2) is 4.98 Å². The number of benzene rings is 2. The molecule has 1 atom stereocenters. The summed E-state index contributed by atoms with van der Waals surface area (Å²) >= 11 is 1.59. The molecule has 4 nitrogen and oxygen atoms in total. The van der Waals surface area contributed by atoms with E-state index < -0.39 is 10.8 Å². The summed E-state index contributed by atoms with van der Waals surface area (Å²) in [4.78, 5) is 8.69. The van der Waals surface area contributed by atoms with Crippen molar-refractivity contribution in [2.45, 2.75) is 17.0 Å². The summed E-state index contributed by atoms with van der Waals surface area (Å²) in [6.07, 6.45) is 0. The molecule has 120 valence electrons. The molecule has 3 rings (SSSR count). The van der Waals surface area contributed by atoms with E-state index in [0.29, 0.717) is 12.4 Å². The summed E-state index contributed by atoms with van der Waals surface area (Å²) in [5.74, 6) is 2.20. The van der Waals surface area contributed by atoms with Gasteiger partial charge in [0.25, 0.3) is 0 Å². The second kappa shape index (κ2) is 7.66. The number of hydrogen-bond donors (Lipinski definition) is 1. The van der Waals surface area contributed by atoms with E-state index in [-0.39, 0.29) is 0 Å². The Morgan fingerprint density at radius 3 is 2.83 bits per heavy atom. The first kappa shape index (κ1) is 16.1. The molecule has 0 aliphatic carbocycles. The highest BCUT2D eigenvalue weighted by Crippen LogP contribution is 2.23.